The lowest BCUT2D eigenvalue weighted by molar-refractivity contribution is 0.0922. The van der Waals surface area contributed by atoms with Crippen LogP contribution >= 0.6 is 43.5 Å². The summed E-state index contributed by atoms with van der Waals surface area (Å²) >= 11 is 13.1. The maximum atomic E-state index is 12.3. The molecule has 0 radical (unpaired) electrons. The number of carbonyl (C=O) groups excluding carboxylic acids is 1. The zero-order valence-corrected chi connectivity index (χ0v) is 15.2. The van der Waals surface area contributed by atoms with Crippen LogP contribution in [-0.2, 0) is 0 Å². The molecule has 0 aromatic heterocycles. The van der Waals surface area contributed by atoms with Gasteiger partial charge < -0.3 is 5.32 Å². The van der Waals surface area contributed by atoms with Crippen molar-refractivity contribution >= 4 is 49.4 Å². The van der Waals surface area contributed by atoms with E-state index in [9.17, 15) is 4.79 Å². The second-order valence-corrected chi connectivity index (χ2v) is 7.38. The Morgan fingerprint density at radius 2 is 2.00 bits per heavy atom. The minimum atomic E-state index is -0.0952. The van der Waals surface area contributed by atoms with E-state index in [1.807, 2.05) is 6.07 Å². The molecule has 0 spiro atoms. The predicted molar refractivity (Wildman–Crippen MR) is 90.8 cm³/mol. The van der Waals surface area contributed by atoms with Gasteiger partial charge in [-0.2, -0.15) is 0 Å². The molecule has 1 amide bonds. The highest BCUT2D eigenvalue weighted by molar-refractivity contribution is 9.10. The summed E-state index contributed by atoms with van der Waals surface area (Å²) in [6, 6.07) is 5.33. The molecule has 2 nitrogen and oxygen atoms in total. The second-order valence-electron chi connectivity index (χ2n) is 5.50. The molecule has 1 aliphatic rings. The van der Waals surface area contributed by atoms with E-state index in [0.29, 0.717) is 17.1 Å². The molecule has 0 heterocycles. The van der Waals surface area contributed by atoms with Gasteiger partial charge in [0.25, 0.3) is 5.91 Å². The van der Waals surface area contributed by atoms with Gasteiger partial charge >= 0.3 is 0 Å². The van der Waals surface area contributed by atoms with Crippen LogP contribution in [0.25, 0.3) is 0 Å². The van der Waals surface area contributed by atoms with Crippen molar-refractivity contribution in [3.05, 3.63) is 33.3 Å². The smallest absolute Gasteiger partial charge is 0.252 e. The fourth-order valence-corrected chi connectivity index (χ4v) is 4.02. The molecule has 0 bridgehead atoms. The van der Waals surface area contributed by atoms with Crippen LogP contribution in [0, 0.1) is 5.41 Å². The van der Waals surface area contributed by atoms with E-state index in [0.717, 1.165) is 9.80 Å². The molecule has 1 aromatic rings. The van der Waals surface area contributed by atoms with Crippen molar-refractivity contribution < 1.29 is 4.79 Å². The van der Waals surface area contributed by atoms with Gasteiger partial charge in [0.1, 0.15) is 0 Å². The molecule has 1 N–H and O–H groups in total. The Morgan fingerprint density at radius 3 is 2.65 bits per heavy atom. The van der Waals surface area contributed by atoms with Crippen molar-refractivity contribution in [2.24, 2.45) is 5.41 Å². The van der Waals surface area contributed by atoms with Crippen LogP contribution < -0.4 is 5.32 Å². The number of nitrogens with one attached hydrogen (secondary N) is 1. The number of alkyl halides is 1. The maximum Gasteiger partial charge on any atom is 0.252 e. The molecule has 110 valence electrons. The lowest BCUT2D eigenvalue weighted by Gasteiger charge is -2.35. The Balaban J connectivity index is 2.02. The van der Waals surface area contributed by atoms with Crippen LogP contribution in [0.2, 0.25) is 5.02 Å². The molecule has 1 aliphatic carbocycles. The van der Waals surface area contributed by atoms with Crippen molar-refractivity contribution in [1.82, 2.24) is 5.32 Å². The highest BCUT2D eigenvalue weighted by Crippen LogP contribution is 2.37. The monoisotopic (exact) mass is 421 g/mol. The number of hydrogen-bond donors (Lipinski definition) is 1. The first-order valence-corrected chi connectivity index (χ1v) is 9.15. The van der Waals surface area contributed by atoms with Crippen molar-refractivity contribution in [3.8, 4) is 0 Å². The molecule has 0 atom stereocenters. The van der Waals surface area contributed by atoms with E-state index in [-0.39, 0.29) is 11.3 Å². The van der Waals surface area contributed by atoms with E-state index in [1.54, 1.807) is 12.1 Å². The topological polar surface area (TPSA) is 29.1 Å². The molecule has 1 aromatic carbocycles. The van der Waals surface area contributed by atoms with E-state index in [4.69, 9.17) is 11.6 Å². The van der Waals surface area contributed by atoms with E-state index < -0.39 is 0 Å². The van der Waals surface area contributed by atoms with Gasteiger partial charge in [-0.1, -0.05) is 62.7 Å². The summed E-state index contributed by atoms with van der Waals surface area (Å²) < 4.78 is 0.861. The van der Waals surface area contributed by atoms with Gasteiger partial charge in [-0.25, -0.2) is 0 Å². The molecule has 5 heteroatoms. The Hall–Kier alpha value is -0.0600. The normalized spacial score (nSPS) is 17.8. The summed E-state index contributed by atoms with van der Waals surface area (Å²) in [7, 11) is 0. The largest absolute Gasteiger partial charge is 0.351 e. The highest BCUT2D eigenvalue weighted by atomic mass is 79.9. The van der Waals surface area contributed by atoms with Gasteiger partial charge in [-0.15, -0.1) is 0 Å². The van der Waals surface area contributed by atoms with Gasteiger partial charge in [0.2, 0.25) is 0 Å². The van der Waals surface area contributed by atoms with Crippen LogP contribution in [0.15, 0.2) is 22.7 Å². The van der Waals surface area contributed by atoms with Crippen molar-refractivity contribution in [3.63, 3.8) is 0 Å². The predicted octanol–water partition coefficient (Wildman–Crippen LogP) is 5.18. The summed E-state index contributed by atoms with van der Waals surface area (Å²) in [6.45, 7) is 0.708. The van der Waals surface area contributed by atoms with Crippen LogP contribution in [0.3, 0.4) is 0 Å². The zero-order chi connectivity index (χ0) is 14.6. The Morgan fingerprint density at radius 1 is 1.30 bits per heavy atom. The molecule has 0 saturated heterocycles. The zero-order valence-electron chi connectivity index (χ0n) is 11.2. The number of benzene rings is 1. The Labute approximate surface area is 141 Å². The lowest BCUT2D eigenvalue weighted by atomic mass is 9.75. The number of halogens is 3. The van der Waals surface area contributed by atoms with Gasteiger partial charge in [-0.3, -0.25) is 4.79 Å². The second kappa shape index (κ2) is 7.28. The van der Waals surface area contributed by atoms with E-state index >= 15 is 0 Å². The van der Waals surface area contributed by atoms with Crippen LogP contribution in [0.1, 0.15) is 42.5 Å². The fourth-order valence-electron chi connectivity index (χ4n) is 2.69. The SMILES string of the molecule is O=C(NCC1(CBr)CCCCC1)c1cc(Br)ccc1Cl. The summed E-state index contributed by atoms with van der Waals surface area (Å²) in [5.41, 5.74) is 0.730. The molecule has 0 aliphatic heterocycles. The molecular weight excluding hydrogens is 405 g/mol. The molecule has 2 rings (SSSR count). The quantitative estimate of drug-likeness (QED) is 0.665. The Kier molecular flexibility index (Phi) is 5.94. The molecular formula is C15H18Br2ClNO. The minimum Gasteiger partial charge on any atom is -0.351 e. The fraction of sp³-hybridized carbons (Fsp3) is 0.533. The summed E-state index contributed by atoms with van der Waals surface area (Å²) in [5.74, 6) is -0.0952. The van der Waals surface area contributed by atoms with Crippen molar-refractivity contribution in [2.45, 2.75) is 32.1 Å². The summed E-state index contributed by atoms with van der Waals surface area (Å²) in [4.78, 5) is 12.3. The van der Waals surface area contributed by atoms with Crippen LogP contribution in [-0.4, -0.2) is 17.8 Å². The molecule has 0 unspecified atom stereocenters. The molecule has 1 saturated carbocycles. The number of hydrogen-bond acceptors (Lipinski definition) is 1. The molecule has 20 heavy (non-hydrogen) atoms. The average molecular weight is 424 g/mol. The van der Waals surface area contributed by atoms with Gasteiger partial charge in [0.05, 0.1) is 10.6 Å². The summed E-state index contributed by atoms with van der Waals surface area (Å²) in [5, 5.41) is 4.48. The lowest BCUT2D eigenvalue weighted by Crippen LogP contribution is -2.40. The van der Waals surface area contributed by atoms with E-state index in [2.05, 4.69) is 37.2 Å². The first kappa shape index (κ1) is 16.3. The van der Waals surface area contributed by atoms with Gasteiger partial charge in [0.15, 0.2) is 0 Å². The first-order chi connectivity index (χ1) is 9.56. The van der Waals surface area contributed by atoms with Crippen molar-refractivity contribution in [1.29, 1.82) is 0 Å². The minimum absolute atomic E-state index is 0.0952. The van der Waals surface area contributed by atoms with Gasteiger partial charge in [-0.05, 0) is 36.5 Å². The van der Waals surface area contributed by atoms with Crippen LogP contribution in [0.5, 0.6) is 0 Å². The number of rotatable bonds is 4. The third-order valence-corrected chi connectivity index (χ3v) is 6.01. The third kappa shape index (κ3) is 3.99. The maximum absolute atomic E-state index is 12.3. The number of amides is 1. The summed E-state index contributed by atoms with van der Waals surface area (Å²) in [6.07, 6.45) is 6.15. The van der Waals surface area contributed by atoms with Crippen LogP contribution in [0.4, 0.5) is 0 Å². The Bertz CT molecular complexity index is 487. The third-order valence-electron chi connectivity index (χ3n) is 3.99. The number of carbonyl (C=O) groups is 1. The average Bonchev–Trinajstić information content (AvgIpc) is 2.48. The first-order valence-electron chi connectivity index (χ1n) is 6.86. The van der Waals surface area contributed by atoms with E-state index in [1.165, 1.54) is 32.1 Å². The van der Waals surface area contributed by atoms with Gasteiger partial charge in [0, 0.05) is 16.3 Å². The van der Waals surface area contributed by atoms with Crippen molar-refractivity contribution in [2.75, 3.05) is 11.9 Å². The molecule has 1 fully saturated rings. The standard InChI is InChI=1S/C15H18Br2ClNO/c16-9-15(6-2-1-3-7-15)10-19-14(20)12-8-11(17)4-5-13(12)18/h4-5,8H,1-3,6-7,9-10H2,(H,19,20). The highest BCUT2D eigenvalue weighted by Gasteiger charge is 2.31.